The van der Waals surface area contributed by atoms with Gasteiger partial charge in [0.25, 0.3) is 5.95 Å². The third-order valence-electron chi connectivity index (χ3n) is 4.58. The summed E-state index contributed by atoms with van der Waals surface area (Å²) in [6.45, 7) is 8.27. The van der Waals surface area contributed by atoms with Crippen molar-refractivity contribution in [1.29, 1.82) is 0 Å². The Kier molecular flexibility index (Phi) is 3.45. The minimum Gasteiger partial charge on any atom is -0.337 e. The van der Waals surface area contributed by atoms with E-state index in [9.17, 15) is 0 Å². The van der Waals surface area contributed by atoms with Gasteiger partial charge in [0.2, 0.25) is 5.89 Å². The highest BCUT2D eigenvalue weighted by Gasteiger charge is 2.39. The summed E-state index contributed by atoms with van der Waals surface area (Å²) >= 11 is 0. The molecule has 0 amide bonds. The summed E-state index contributed by atoms with van der Waals surface area (Å²) in [6.07, 6.45) is 2.14. The molecule has 6 nitrogen and oxygen atoms in total. The van der Waals surface area contributed by atoms with Crippen molar-refractivity contribution in [3.63, 3.8) is 0 Å². The summed E-state index contributed by atoms with van der Waals surface area (Å²) in [7, 11) is 2.15. The smallest absolute Gasteiger partial charge is 0.266 e. The molecule has 0 radical (unpaired) electrons. The maximum Gasteiger partial charge on any atom is 0.266 e. The second-order valence-electron chi connectivity index (χ2n) is 5.75. The fraction of sp³-hybridized carbons (Fsp3) is 0.846. The Labute approximate surface area is 114 Å². The van der Waals surface area contributed by atoms with Gasteiger partial charge in [-0.2, -0.15) is 4.98 Å². The quantitative estimate of drug-likeness (QED) is 0.857. The Morgan fingerprint density at radius 2 is 2.11 bits per heavy atom. The molecule has 6 heteroatoms. The van der Waals surface area contributed by atoms with Crippen LogP contribution in [0, 0.1) is 0 Å². The highest BCUT2D eigenvalue weighted by atomic mass is 16.5. The number of likely N-dealkylation sites (N-methyl/N-ethyl adjacent to an activating group) is 1. The Balaban J connectivity index is 1.75. The van der Waals surface area contributed by atoms with Gasteiger partial charge in [0, 0.05) is 32.7 Å². The normalized spacial score (nSPS) is 29.1. The van der Waals surface area contributed by atoms with E-state index < -0.39 is 0 Å². The number of rotatable bonds is 3. The van der Waals surface area contributed by atoms with Gasteiger partial charge in [-0.3, -0.25) is 0 Å². The van der Waals surface area contributed by atoms with Crippen molar-refractivity contribution < 1.29 is 4.52 Å². The van der Waals surface area contributed by atoms with Crippen LogP contribution in [0.25, 0.3) is 0 Å². The maximum atomic E-state index is 5.57. The topological polar surface area (TPSA) is 57.4 Å². The number of hydrogen-bond acceptors (Lipinski definition) is 6. The summed E-state index contributed by atoms with van der Waals surface area (Å²) < 4.78 is 5.57. The Morgan fingerprint density at radius 3 is 2.74 bits per heavy atom. The lowest BCUT2D eigenvalue weighted by Gasteiger charge is -2.31. The molecule has 1 atom stereocenters. The molecule has 106 valence electrons. The summed E-state index contributed by atoms with van der Waals surface area (Å²) in [4.78, 5) is 9.22. The molecule has 19 heavy (non-hydrogen) atoms. The molecule has 1 unspecified atom stereocenters. The molecule has 2 saturated heterocycles. The molecule has 1 aromatic rings. The molecule has 0 bridgehead atoms. The molecule has 0 aromatic carbocycles. The molecule has 1 N–H and O–H groups in total. The van der Waals surface area contributed by atoms with Crippen LogP contribution in [0.4, 0.5) is 5.95 Å². The van der Waals surface area contributed by atoms with Crippen LogP contribution in [0.2, 0.25) is 0 Å². The first-order chi connectivity index (χ1) is 9.23. The molecule has 3 heterocycles. The monoisotopic (exact) mass is 265 g/mol. The molecular formula is C13H23N5O. The molecule has 2 fully saturated rings. The lowest BCUT2D eigenvalue weighted by Crippen LogP contribution is -2.45. The highest BCUT2D eigenvalue weighted by molar-refractivity contribution is 5.30. The standard InChI is InChI=1S/C13H23N5O/c1-3-13(4-5-14-10-13)11-15-12(16-19-11)18-8-6-17(2)7-9-18/h14H,3-10H2,1-2H3. The lowest BCUT2D eigenvalue weighted by atomic mass is 9.84. The fourth-order valence-corrected chi connectivity index (χ4v) is 2.95. The summed E-state index contributed by atoms with van der Waals surface area (Å²) in [6, 6.07) is 0. The third-order valence-corrected chi connectivity index (χ3v) is 4.58. The van der Waals surface area contributed by atoms with E-state index in [0.717, 1.165) is 63.9 Å². The largest absolute Gasteiger partial charge is 0.337 e. The molecule has 3 rings (SSSR count). The molecule has 2 aliphatic rings. The molecule has 1 aromatic heterocycles. The molecule has 2 aliphatic heterocycles. The van der Waals surface area contributed by atoms with Gasteiger partial charge >= 0.3 is 0 Å². The average Bonchev–Trinajstić information content (AvgIpc) is 3.09. The summed E-state index contributed by atoms with van der Waals surface area (Å²) in [5.74, 6) is 1.58. The van der Waals surface area contributed by atoms with E-state index in [1.807, 2.05) is 0 Å². The summed E-state index contributed by atoms with van der Waals surface area (Å²) in [5.41, 5.74) is 0.0534. The highest BCUT2D eigenvalue weighted by Crippen LogP contribution is 2.33. The second kappa shape index (κ2) is 5.09. The number of nitrogens with one attached hydrogen (secondary N) is 1. The van der Waals surface area contributed by atoms with Gasteiger partial charge in [-0.05, 0) is 31.6 Å². The SMILES string of the molecule is CCC1(c2nc(N3CCN(C)CC3)no2)CCNC1. The van der Waals surface area contributed by atoms with Crippen LogP contribution >= 0.6 is 0 Å². The van der Waals surface area contributed by atoms with Crippen LogP contribution in [0.15, 0.2) is 4.52 Å². The number of anilines is 1. The zero-order valence-corrected chi connectivity index (χ0v) is 11.9. The molecule has 0 aliphatic carbocycles. The van der Waals surface area contributed by atoms with E-state index in [2.05, 4.69) is 39.2 Å². The van der Waals surface area contributed by atoms with Gasteiger partial charge < -0.3 is 19.6 Å². The van der Waals surface area contributed by atoms with Crippen LogP contribution in [0.1, 0.15) is 25.7 Å². The van der Waals surface area contributed by atoms with Crippen molar-refractivity contribution in [3.05, 3.63) is 5.89 Å². The maximum absolute atomic E-state index is 5.57. The molecular weight excluding hydrogens is 242 g/mol. The van der Waals surface area contributed by atoms with Crippen molar-refractivity contribution in [2.45, 2.75) is 25.2 Å². The molecule has 0 spiro atoms. The van der Waals surface area contributed by atoms with Crippen LogP contribution in [-0.2, 0) is 5.41 Å². The van der Waals surface area contributed by atoms with E-state index >= 15 is 0 Å². The zero-order chi connectivity index (χ0) is 13.3. The predicted octanol–water partition coefficient (Wildman–Crippen LogP) is 0.463. The van der Waals surface area contributed by atoms with Crippen LogP contribution in [0.5, 0.6) is 0 Å². The van der Waals surface area contributed by atoms with Gasteiger partial charge in [0.1, 0.15) is 0 Å². The van der Waals surface area contributed by atoms with Crippen molar-refractivity contribution in [2.24, 2.45) is 0 Å². The first-order valence-corrected chi connectivity index (χ1v) is 7.22. The van der Waals surface area contributed by atoms with E-state index in [0.29, 0.717) is 0 Å². The van der Waals surface area contributed by atoms with Crippen molar-refractivity contribution in [3.8, 4) is 0 Å². The average molecular weight is 265 g/mol. The van der Waals surface area contributed by atoms with Gasteiger partial charge in [-0.15, -0.1) is 0 Å². The van der Waals surface area contributed by atoms with Crippen LogP contribution in [-0.4, -0.2) is 61.4 Å². The van der Waals surface area contributed by atoms with Crippen LogP contribution in [0.3, 0.4) is 0 Å². The molecule has 0 saturated carbocycles. The van der Waals surface area contributed by atoms with Crippen molar-refractivity contribution in [1.82, 2.24) is 20.4 Å². The number of nitrogens with zero attached hydrogens (tertiary/aromatic N) is 4. The Hall–Kier alpha value is -1.14. The Bertz CT molecular complexity index is 418. The van der Waals surface area contributed by atoms with Gasteiger partial charge in [-0.25, -0.2) is 0 Å². The zero-order valence-electron chi connectivity index (χ0n) is 11.9. The minimum atomic E-state index is 0.0534. The Morgan fingerprint density at radius 1 is 1.32 bits per heavy atom. The number of aromatic nitrogens is 2. The fourth-order valence-electron chi connectivity index (χ4n) is 2.95. The van der Waals surface area contributed by atoms with E-state index in [4.69, 9.17) is 4.52 Å². The first-order valence-electron chi connectivity index (χ1n) is 7.22. The number of hydrogen-bond donors (Lipinski definition) is 1. The summed E-state index contributed by atoms with van der Waals surface area (Å²) in [5, 5.41) is 7.61. The third kappa shape index (κ3) is 2.34. The number of piperazine rings is 1. The van der Waals surface area contributed by atoms with Gasteiger partial charge in [0.05, 0.1) is 5.41 Å². The van der Waals surface area contributed by atoms with Crippen molar-refractivity contribution in [2.75, 3.05) is 51.2 Å². The predicted molar refractivity (Wildman–Crippen MR) is 73.5 cm³/mol. The van der Waals surface area contributed by atoms with Crippen LogP contribution < -0.4 is 10.2 Å². The van der Waals surface area contributed by atoms with Gasteiger partial charge in [-0.1, -0.05) is 6.92 Å². The van der Waals surface area contributed by atoms with Crippen molar-refractivity contribution >= 4 is 5.95 Å². The minimum absolute atomic E-state index is 0.0534. The van der Waals surface area contributed by atoms with E-state index in [1.165, 1.54) is 0 Å². The van der Waals surface area contributed by atoms with Gasteiger partial charge in [0.15, 0.2) is 0 Å². The van der Waals surface area contributed by atoms with E-state index in [-0.39, 0.29) is 5.41 Å². The lowest BCUT2D eigenvalue weighted by molar-refractivity contribution is 0.283. The second-order valence-corrected chi connectivity index (χ2v) is 5.75. The first kappa shape index (κ1) is 12.9. The van der Waals surface area contributed by atoms with E-state index in [1.54, 1.807) is 0 Å².